The largest absolute Gasteiger partial charge is 0.468 e. The summed E-state index contributed by atoms with van der Waals surface area (Å²) >= 11 is 0. The zero-order valence-corrected chi connectivity index (χ0v) is 17.4. The molecule has 33 heavy (non-hydrogen) atoms. The van der Waals surface area contributed by atoms with Crippen molar-refractivity contribution >= 4 is 17.4 Å². The molecule has 2 aliphatic rings. The number of ether oxygens (including phenoxy) is 1. The fourth-order valence-electron chi connectivity index (χ4n) is 4.52. The van der Waals surface area contributed by atoms with Crippen LogP contribution in [0.1, 0.15) is 25.7 Å². The molecule has 7 nitrogen and oxygen atoms in total. The molecule has 1 atom stereocenters. The van der Waals surface area contributed by atoms with Gasteiger partial charge in [0.05, 0.1) is 18.1 Å². The number of hydrogen-bond donors (Lipinski definition) is 1. The third-order valence-electron chi connectivity index (χ3n) is 5.94. The number of carbonyl (C=O) groups excluding carboxylic acids is 1. The van der Waals surface area contributed by atoms with Crippen LogP contribution in [0.5, 0.6) is 5.88 Å². The SMILES string of the molecule is O=C1CC(O)CC2(CCN(c3cc(OCC(F)(F)F)ncn3)CC2)N1c1ccc(F)c(F)c1. The molecule has 1 unspecified atom stereocenters. The molecule has 12 heteroatoms. The van der Waals surface area contributed by atoms with Gasteiger partial charge in [-0.15, -0.1) is 0 Å². The number of alkyl halides is 3. The summed E-state index contributed by atoms with van der Waals surface area (Å²) in [4.78, 5) is 23.9. The molecule has 1 amide bonds. The van der Waals surface area contributed by atoms with E-state index in [1.165, 1.54) is 17.0 Å². The number of rotatable bonds is 4. The van der Waals surface area contributed by atoms with Gasteiger partial charge in [-0.05, 0) is 31.4 Å². The average molecular weight is 472 g/mol. The molecular weight excluding hydrogens is 451 g/mol. The molecule has 3 heterocycles. The Balaban J connectivity index is 1.53. The van der Waals surface area contributed by atoms with Crippen LogP contribution >= 0.6 is 0 Å². The zero-order chi connectivity index (χ0) is 23.8. The Morgan fingerprint density at radius 3 is 2.52 bits per heavy atom. The van der Waals surface area contributed by atoms with Crippen molar-refractivity contribution in [3.05, 3.63) is 42.2 Å². The number of nitrogens with zero attached hydrogens (tertiary/aromatic N) is 4. The van der Waals surface area contributed by atoms with Gasteiger partial charge in [0.2, 0.25) is 11.8 Å². The van der Waals surface area contributed by atoms with Gasteiger partial charge in [0, 0.05) is 30.9 Å². The summed E-state index contributed by atoms with van der Waals surface area (Å²) < 4.78 is 69.2. The minimum atomic E-state index is -4.50. The summed E-state index contributed by atoms with van der Waals surface area (Å²) in [5, 5.41) is 10.3. The fourth-order valence-corrected chi connectivity index (χ4v) is 4.52. The summed E-state index contributed by atoms with van der Waals surface area (Å²) in [6.45, 7) is -0.762. The summed E-state index contributed by atoms with van der Waals surface area (Å²) in [6.07, 6.45) is -3.39. The van der Waals surface area contributed by atoms with E-state index in [0.717, 1.165) is 18.5 Å². The van der Waals surface area contributed by atoms with Crippen molar-refractivity contribution in [3.63, 3.8) is 0 Å². The van der Waals surface area contributed by atoms with Crippen molar-refractivity contribution in [1.29, 1.82) is 0 Å². The smallest absolute Gasteiger partial charge is 0.422 e. The van der Waals surface area contributed by atoms with Crippen LogP contribution < -0.4 is 14.5 Å². The second kappa shape index (κ2) is 8.73. The van der Waals surface area contributed by atoms with Crippen LogP contribution in [0.25, 0.3) is 0 Å². The van der Waals surface area contributed by atoms with E-state index in [2.05, 4.69) is 14.7 Å². The molecule has 2 aliphatic heterocycles. The predicted molar refractivity (Wildman–Crippen MR) is 107 cm³/mol. The van der Waals surface area contributed by atoms with Crippen molar-refractivity contribution in [1.82, 2.24) is 9.97 Å². The summed E-state index contributed by atoms with van der Waals surface area (Å²) in [6, 6.07) is 4.55. The molecular formula is C21H21F5N4O3. The van der Waals surface area contributed by atoms with Gasteiger partial charge < -0.3 is 19.6 Å². The number of carbonyl (C=O) groups is 1. The standard InChI is InChI=1S/C21H21F5N4O3/c22-15-2-1-13(7-16(15)23)30-19(32)8-14(31)10-20(30)3-5-29(6-4-20)17-9-18(28-12-27-17)33-11-21(24,25)26/h1-2,7,9,12,14,31H,3-6,8,10-11H2. The van der Waals surface area contributed by atoms with Crippen LogP contribution in [0.4, 0.5) is 33.5 Å². The molecule has 0 saturated carbocycles. The normalized spacial score (nSPS) is 20.9. The quantitative estimate of drug-likeness (QED) is 0.689. The Labute approximate surface area is 185 Å². The molecule has 0 aliphatic carbocycles. The summed E-state index contributed by atoms with van der Waals surface area (Å²) in [5.41, 5.74) is -0.609. The van der Waals surface area contributed by atoms with Crippen LogP contribution in [-0.4, -0.2) is 58.5 Å². The van der Waals surface area contributed by atoms with Gasteiger partial charge >= 0.3 is 6.18 Å². The third-order valence-corrected chi connectivity index (χ3v) is 5.94. The van der Waals surface area contributed by atoms with Crippen molar-refractivity contribution in [2.24, 2.45) is 0 Å². The molecule has 0 radical (unpaired) electrons. The van der Waals surface area contributed by atoms with E-state index in [1.807, 2.05) is 4.90 Å². The molecule has 178 valence electrons. The molecule has 1 spiro atoms. The van der Waals surface area contributed by atoms with Gasteiger partial charge in [0.15, 0.2) is 18.2 Å². The average Bonchev–Trinajstić information content (AvgIpc) is 2.74. The highest BCUT2D eigenvalue weighted by molar-refractivity contribution is 5.96. The molecule has 2 saturated heterocycles. The Hall–Kier alpha value is -3.02. The first-order valence-electron chi connectivity index (χ1n) is 10.3. The number of aromatic nitrogens is 2. The first-order chi connectivity index (χ1) is 15.6. The van der Waals surface area contributed by atoms with Gasteiger partial charge in [-0.3, -0.25) is 4.79 Å². The van der Waals surface area contributed by atoms with E-state index >= 15 is 0 Å². The number of anilines is 2. The lowest BCUT2D eigenvalue weighted by Gasteiger charge is -2.52. The first-order valence-corrected chi connectivity index (χ1v) is 10.3. The zero-order valence-electron chi connectivity index (χ0n) is 17.4. The molecule has 2 fully saturated rings. The Bertz CT molecular complexity index is 1030. The molecule has 4 rings (SSSR count). The number of piperidine rings is 2. The van der Waals surface area contributed by atoms with Crippen LogP contribution in [-0.2, 0) is 4.79 Å². The number of aliphatic hydroxyl groups is 1. The van der Waals surface area contributed by atoms with E-state index in [9.17, 15) is 31.9 Å². The van der Waals surface area contributed by atoms with Gasteiger partial charge in [0.1, 0.15) is 12.1 Å². The number of halogens is 5. The van der Waals surface area contributed by atoms with E-state index in [4.69, 9.17) is 0 Å². The number of hydrogen-bond acceptors (Lipinski definition) is 6. The monoisotopic (exact) mass is 472 g/mol. The molecule has 2 aromatic rings. The van der Waals surface area contributed by atoms with E-state index < -0.39 is 42.0 Å². The topological polar surface area (TPSA) is 78.8 Å². The highest BCUT2D eigenvalue weighted by Gasteiger charge is 2.48. The predicted octanol–water partition coefficient (Wildman–Crippen LogP) is 3.22. The van der Waals surface area contributed by atoms with E-state index in [0.29, 0.717) is 31.7 Å². The van der Waals surface area contributed by atoms with Gasteiger partial charge in [-0.1, -0.05) is 0 Å². The minimum Gasteiger partial charge on any atom is -0.468 e. The molecule has 1 aromatic carbocycles. The van der Waals surface area contributed by atoms with Gasteiger partial charge in [-0.25, -0.2) is 18.7 Å². The molecule has 0 bridgehead atoms. The van der Waals surface area contributed by atoms with Crippen LogP contribution in [0.15, 0.2) is 30.6 Å². The van der Waals surface area contributed by atoms with Gasteiger partial charge in [0.25, 0.3) is 0 Å². The lowest BCUT2D eigenvalue weighted by molar-refractivity contribution is -0.154. The highest BCUT2D eigenvalue weighted by atomic mass is 19.4. The van der Waals surface area contributed by atoms with Crippen LogP contribution in [0.3, 0.4) is 0 Å². The first kappa shape index (κ1) is 23.1. The molecule has 1 N–H and O–H groups in total. The maximum absolute atomic E-state index is 13.9. The van der Waals surface area contributed by atoms with Gasteiger partial charge in [-0.2, -0.15) is 13.2 Å². The van der Waals surface area contributed by atoms with Crippen molar-refractivity contribution in [3.8, 4) is 5.88 Å². The van der Waals surface area contributed by atoms with Crippen LogP contribution in [0, 0.1) is 11.6 Å². The Kier molecular flexibility index (Phi) is 6.12. The van der Waals surface area contributed by atoms with E-state index in [1.54, 1.807) is 0 Å². The Morgan fingerprint density at radius 1 is 1.12 bits per heavy atom. The maximum atomic E-state index is 13.9. The Morgan fingerprint density at radius 2 is 1.85 bits per heavy atom. The minimum absolute atomic E-state index is 0.129. The van der Waals surface area contributed by atoms with E-state index in [-0.39, 0.29) is 24.4 Å². The molecule has 1 aromatic heterocycles. The second-order valence-corrected chi connectivity index (χ2v) is 8.22. The van der Waals surface area contributed by atoms with Crippen molar-refractivity contribution in [2.75, 3.05) is 29.5 Å². The summed E-state index contributed by atoms with van der Waals surface area (Å²) in [5.74, 6) is -2.35. The number of benzene rings is 1. The number of aliphatic hydroxyl groups excluding tert-OH is 1. The third kappa shape index (κ3) is 5.00. The van der Waals surface area contributed by atoms with Crippen LogP contribution in [0.2, 0.25) is 0 Å². The van der Waals surface area contributed by atoms with Crippen molar-refractivity contribution in [2.45, 2.75) is 43.5 Å². The second-order valence-electron chi connectivity index (χ2n) is 8.22. The lowest BCUT2D eigenvalue weighted by Crippen LogP contribution is -2.62. The highest BCUT2D eigenvalue weighted by Crippen LogP contribution is 2.42. The fraction of sp³-hybridized carbons (Fsp3) is 0.476. The van der Waals surface area contributed by atoms with Crippen molar-refractivity contribution < 1.29 is 36.6 Å². The maximum Gasteiger partial charge on any atom is 0.422 e. The number of amides is 1. The summed E-state index contributed by atoms with van der Waals surface area (Å²) in [7, 11) is 0. The lowest BCUT2D eigenvalue weighted by atomic mass is 9.76.